The molecule has 0 atom stereocenters. The molecule has 0 aromatic heterocycles. The van der Waals surface area contributed by atoms with Crippen LogP contribution in [0, 0.1) is 6.92 Å². The van der Waals surface area contributed by atoms with Gasteiger partial charge in [-0.05, 0) is 37.2 Å². The van der Waals surface area contributed by atoms with Crippen molar-refractivity contribution in [3.63, 3.8) is 0 Å². The van der Waals surface area contributed by atoms with Gasteiger partial charge in [-0.1, -0.05) is 56.0 Å². The maximum atomic E-state index is 2.35. The van der Waals surface area contributed by atoms with E-state index in [1.165, 1.54) is 44.1 Å². The first kappa shape index (κ1) is 10.7. The molecule has 0 N–H and O–H groups in total. The zero-order valence-corrected chi connectivity index (χ0v) is 10.1. The van der Waals surface area contributed by atoms with Crippen LogP contribution in [0.2, 0.25) is 0 Å². The Morgan fingerprint density at radius 1 is 1.13 bits per heavy atom. The lowest BCUT2D eigenvalue weighted by Gasteiger charge is -2.43. The zero-order valence-electron chi connectivity index (χ0n) is 10.1. The monoisotopic (exact) mass is 202 g/mol. The third-order valence-electron chi connectivity index (χ3n) is 3.98. The van der Waals surface area contributed by atoms with Gasteiger partial charge in [0.1, 0.15) is 0 Å². The fourth-order valence-electron chi connectivity index (χ4n) is 2.71. The van der Waals surface area contributed by atoms with Gasteiger partial charge >= 0.3 is 0 Å². The fourth-order valence-corrected chi connectivity index (χ4v) is 2.71. The lowest BCUT2D eigenvalue weighted by Crippen LogP contribution is -2.34. The molecule has 1 aromatic rings. The molecule has 0 spiro atoms. The highest BCUT2D eigenvalue weighted by Gasteiger charge is 2.37. The normalized spacial score (nSPS) is 18.5. The van der Waals surface area contributed by atoms with Gasteiger partial charge < -0.3 is 0 Å². The molecule has 0 unspecified atom stereocenters. The Morgan fingerprint density at radius 2 is 1.80 bits per heavy atom. The minimum absolute atomic E-state index is 0.559. The molecule has 0 radical (unpaired) electrons. The number of benzene rings is 1. The number of unbranched alkanes of at least 4 members (excludes halogenated alkanes) is 1. The molecule has 0 amide bonds. The van der Waals surface area contributed by atoms with Crippen LogP contribution in [0.15, 0.2) is 24.3 Å². The second-order valence-corrected chi connectivity index (χ2v) is 5.10. The largest absolute Gasteiger partial charge is 0.0654 e. The van der Waals surface area contributed by atoms with Crippen LogP contribution < -0.4 is 0 Å². The van der Waals surface area contributed by atoms with E-state index in [9.17, 15) is 0 Å². The summed E-state index contributed by atoms with van der Waals surface area (Å²) in [7, 11) is 0. The standard InChI is InChI=1S/C15H22/c1-3-4-10-15(11-5-12-15)14-8-6-13(2)7-9-14/h6-9H,3-5,10-12H2,1-2H3. The van der Waals surface area contributed by atoms with Crippen molar-refractivity contribution in [3.05, 3.63) is 35.4 Å². The zero-order chi connectivity index (χ0) is 10.7. The maximum Gasteiger partial charge on any atom is -0.00470 e. The SMILES string of the molecule is CCCCC1(c2ccc(C)cc2)CCC1. The van der Waals surface area contributed by atoms with E-state index >= 15 is 0 Å². The lowest BCUT2D eigenvalue weighted by atomic mass is 9.62. The summed E-state index contributed by atoms with van der Waals surface area (Å²) in [5.41, 5.74) is 3.53. The smallest absolute Gasteiger partial charge is 0.00470 e. The molecule has 1 fully saturated rings. The number of rotatable bonds is 4. The summed E-state index contributed by atoms with van der Waals surface area (Å²) in [5, 5.41) is 0. The van der Waals surface area contributed by atoms with Gasteiger partial charge in [-0.15, -0.1) is 0 Å². The Kier molecular flexibility index (Phi) is 3.14. The molecular weight excluding hydrogens is 180 g/mol. The van der Waals surface area contributed by atoms with E-state index in [0.717, 1.165) is 0 Å². The Hall–Kier alpha value is -0.780. The molecule has 2 rings (SSSR count). The maximum absolute atomic E-state index is 2.35. The molecule has 0 heterocycles. The molecule has 1 aliphatic rings. The van der Waals surface area contributed by atoms with Crippen molar-refractivity contribution in [1.82, 2.24) is 0 Å². The van der Waals surface area contributed by atoms with Gasteiger partial charge in [-0.25, -0.2) is 0 Å². The van der Waals surface area contributed by atoms with E-state index in [4.69, 9.17) is 0 Å². The fraction of sp³-hybridized carbons (Fsp3) is 0.600. The first-order valence-electron chi connectivity index (χ1n) is 6.34. The molecule has 0 nitrogen and oxygen atoms in total. The van der Waals surface area contributed by atoms with Crippen molar-refractivity contribution >= 4 is 0 Å². The Morgan fingerprint density at radius 3 is 2.27 bits per heavy atom. The quantitative estimate of drug-likeness (QED) is 0.669. The average Bonchev–Trinajstić information content (AvgIpc) is 2.19. The van der Waals surface area contributed by atoms with Crippen LogP contribution in [0.4, 0.5) is 0 Å². The van der Waals surface area contributed by atoms with E-state index in [1.54, 1.807) is 5.56 Å². The van der Waals surface area contributed by atoms with Crippen molar-refractivity contribution in [2.75, 3.05) is 0 Å². The minimum atomic E-state index is 0.559. The number of hydrogen-bond donors (Lipinski definition) is 0. The van der Waals surface area contributed by atoms with Crippen LogP contribution in [0.5, 0.6) is 0 Å². The third-order valence-corrected chi connectivity index (χ3v) is 3.98. The van der Waals surface area contributed by atoms with Crippen molar-refractivity contribution in [2.24, 2.45) is 0 Å². The predicted octanol–water partition coefficient (Wildman–Crippen LogP) is 4.61. The van der Waals surface area contributed by atoms with E-state index in [1.807, 2.05) is 0 Å². The van der Waals surface area contributed by atoms with Crippen LogP contribution in [-0.2, 0) is 5.41 Å². The summed E-state index contributed by atoms with van der Waals surface area (Å²) in [5.74, 6) is 0. The second-order valence-electron chi connectivity index (χ2n) is 5.10. The summed E-state index contributed by atoms with van der Waals surface area (Å²) in [6, 6.07) is 9.23. The molecule has 1 saturated carbocycles. The van der Waals surface area contributed by atoms with E-state index in [0.29, 0.717) is 5.41 Å². The van der Waals surface area contributed by atoms with Gasteiger partial charge in [0, 0.05) is 0 Å². The Labute approximate surface area is 93.7 Å². The Balaban J connectivity index is 2.14. The second kappa shape index (κ2) is 4.38. The van der Waals surface area contributed by atoms with E-state index < -0.39 is 0 Å². The van der Waals surface area contributed by atoms with Crippen molar-refractivity contribution in [3.8, 4) is 0 Å². The molecule has 0 heteroatoms. The molecule has 0 aliphatic heterocycles. The summed E-state index contributed by atoms with van der Waals surface area (Å²) >= 11 is 0. The molecule has 1 aliphatic carbocycles. The predicted molar refractivity (Wildman–Crippen MR) is 66.2 cm³/mol. The van der Waals surface area contributed by atoms with Crippen LogP contribution in [0.25, 0.3) is 0 Å². The lowest BCUT2D eigenvalue weighted by molar-refractivity contribution is 0.220. The summed E-state index contributed by atoms with van der Waals surface area (Å²) in [6.07, 6.45) is 8.36. The van der Waals surface area contributed by atoms with E-state index in [2.05, 4.69) is 38.1 Å². The summed E-state index contributed by atoms with van der Waals surface area (Å²) in [6.45, 7) is 4.46. The molecule has 15 heavy (non-hydrogen) atoms. The van der Waals surface area contributed by atoms with Crippen LogP contribution in [-0.4, -0.2) is 0 Å². The molecule has 82 valence electrons. The van der Waals surface area contributed by atoms with Crippen molar-refractivity contribution in [2.45, 2.75) is 57.8 Å². The van der Waals surface area contributed by atoms with Gasteiger partial charge in [0.2, 0.25) is 0 Å². The molecule has 1 aromatic carbocycles. The highest BCUT2D eigenvalue weighted by atomic mass is 14.4. The van der Waals surface area contributed by atoms with Crippen LogP contribution in [0.3, 0.4) is 0 Å². The van der Waals surface area contributed by atoms with Gasteiger partial charge in [-0.3, -0.25) is 0 Å². The van der Waals surface area contributed by atoms with Crippen molar-refractivity contribution in [1.29, 1.82) is 0 Å². The minimum Gasteiger partial charge on any atom is -0.0654 e. The highest BCUT2D eigenvalue weighted by Crippen LogP contribution is 2.47. The van der Waals surface area contributed by atoms with Gasteiger partial charge in [0.05, 0.1) is 0 Å². The van der Waals surface area contributed by atoms with E-state index in [-0.39, 0.29) is 0 Å². The topological polar surface area (TPSA) is 0 Å². The Bertz CT molecular complexity index is 303. The van der Waals surface area contributed by atoms with Crippen molar-refractivity contribution < 1.29 is 0 Å². The van der Waals surface area contributed by atoms with Gasteiger partial charge in [0.15, 0.2) is 0 Å². The summed E-state index contributed by atoms with van der Waals surface area (Å²) < 4.78 is 0. The molecule has 0 saturated heterocycles. The van der Waals surface area contributed by atoms with Gasteiger partial charge in [-0.2, -0.15) is 0 Å². The third kappa shape index (κ3) is 2.09. The van der Waals surface area contributed by atoms with Crippen LogP contribution >= 0.6 is 0 Å². The van der Waals surface area contributed by atoms with Crippen LogP contribution in [0.1, 0.15) is 56.6 Å². The average molecular weight is 202 g/mol. The highest BCUT2D eigenvalue weighted by molar-refractivity contribution is 5.30. The van der Waals surface area contributed by atoms with Gasteiger partial charge in [0.25, 0.3) is 0 Å². The molecule has 0 bridgehead atoms. The first-order valence-corrected chi connectivity index (χ1v) is 6.34. The first-order chi connectivity index (χ1) is 7.27. The summed E-state index contributed by atoms with van der Waals surface area (Å²) in [4.78, 5) is 0. The number of aryl methyl sites for hydroxylation is 1. The number of hydrogen-bond acceptors (Lipinski definition) is 0. The molecular formula is C15H22.